The Balaban J connectivity index is 2.18. The van der Waals surface area contributed by atoms with E-state index in [1.165, 1.54) is 0 Å². The van der Waals surface area contributed by atoms with Crippen molar-refractivity contribution in [3.63, 3.8) is 0 Å². The molecule has 1 amide bonds. The maximum Gasteiger partial charge on any atom is 0.255 e. The average molecular weight is 274 g/mol. The number of hydrogen-bond acceptors (Lipinski definition) is 1. The molecule has 0 N–H and O–H groups in total. The van der Waals surface area contributed by atoms with Crippen LogP contribution in [0.25, 0.3) is 0 Å². The number of hydrogen-bond donors (Lipinski definition) is 0. The maximum absolute atomic E-state index is 12.4. The standard InChI is InChI=1S/C16H16ClNO/c1-12-7-6-10-14(15(12)17)16(19)18(2)11-13-8-4-3-5-9-13/h3-10H,11H2,1-2H3. The summed E-state index contributed by atoms with van der Waals surface area (Å²) in [7, 11) is 1.79. The predicted molar refractivity (Wildman–Crippen MR) is 78.4 cm³/mol. The summed E-state index contributed by atoms with van der Waals surface area (Å²) in [5.41, 5.74) is 2.57. The summed E-state index contributed by atoms with van der Waals surface area (Å²) >= 11 is 6.19. The van der Waals surface area contributed by atoms with Gasteiger partial charge in [0, 0.05) is 13.6 Å². The second-order valence-electron chi connectivity index (χ2n) is 4.58. The summed E-state index contributed by atoms with van der Waals surface area (Å²) in [5, 5.41) is 0.535. The Hall–Kier alpha value is -1.80. The van der Waals surface area contributed by atoms with Crippen molar-refractivity contribution in [3.05, 3.63) is 70.2 Å². The van der Waals surface area contributed by atoms with Crippen LogP contribution >= 0.6 is 11.6 Å². The van der Waals surface area contributed by atoms with Crippen molar-refractivity contribution in [2.45, 2.75) is 13.5 Å². The first-order valence-corrected chi connectivity index (χ1v) is 6.52. The lowest BCUT2D eigenvalue weighted by molar-refractivity contribution is 0.0785. The normalized spacial score (nSPS) is 10.3. The molecule has 0 aromatic heterocycles. The maximum atomic E-state index is 12.4. The van der Waals surface area contributed by atoms with E-state index in [4.69, 9.17) is 11.6 Å². The molecule has 19 heavy (non-hydrogen) atoms. The SMILES string of the molecule is Cc1cccc(C(=O)N(C)Cc2ccccc2)c1Cl. The van der Waals surface area contributed by atoms with Gasteiger partial charge in [-0.15, -0.1) is 0 Å². The van der Waals surface area contributed by atoms with Crippen LogP contribution in [0, 0.1) is 6.92 Å². The van der Waals surface area contributed by atoms with Gasteiger partial charge in [-0.3, -0.25) is 4.79 Å². The summed E-state index contributed by atoms with van der Waals surface area (Å²) in [5.74, 6) is -0.0578. The minimum atomic E-state index is -0.0578. The summed E-state index contributed by atoms with van der Waals surface area (Å²) in [4.78, 5) is 14.0. The second kappa shape index (κ2) is 5.89. The van der Waals surface area contributed by atoms with Gasteiger partial charge in [-0.05, 0) is 24.1 Å². The molecule has 0 saturated heterocycles. The molecule has 0 atom stereocenters. The van der Waals surface area contributed by atoms with Gasteiger partial charge in [0.1, 0.15) is 0 Å². The van der Waals surface area contributed by atoms with Crippen molar-refractivity contribution >= 4 is 17.5 Å². The molecule has 2 aromatic carbocycles. The lowest BCUT2D eigenvalue weighted by Crippen LogP contribution is -2.26. The minimum absolute atomic E-state index is 0.0578. The van der Waals surface area contributed by atoms with Gasteiger partial charge in [0.25, 0.3) is 5.91 Å². The molecule has 0 saturated carbocycles. The van der Waals surface area contributed by atoms with E-state index in [0.29, 0.717) is 17.1 Å². The summed E-state index contributed by atoms with van der Waals surface area (Å²) < 4.78 is 0. The molecule has 0 aliphatic rings. The Kier molecular flexibility index (Phi) is 4.23. The van der Waals surface area contributed by atoms with E-state index in [1.54, 1.807) is 18.0 Å². The number of carbonyl (C=O) groups is 1. The van der Waals surface area contributed by atoms with Crippen LogP contribution in [0.15, 0.2) is 48.5 Å². The quantitative estimate of drug-likeness (QED) is 0.830. The van der Waals surface area contributed by atoms with Crippen LogP contribution in [0.4, 0.5) is 0 Å². The van der Waals surface area contributed by atoms with Crippen LogP contribution in [0.5, 0.6) is 0 Å². The largest absolute Gasteiger partial charge is 0.337 e. The fraction of sp³-hybridized carbons (Fsp3) is 0.188. The van der Waals surface area contributed by atoms with Crippen molar-refractivity contribution in [1.29, 1.82) is 0 Å². The number of amides is 1. The van der Waals surface area contributed by atoms with Gasteiger partial charge in [0.05, 0.1) is 10.6 Å². The van der Waals surface area contributed by atoms with Crippen LogP contribution in [-0.2, 0) is 6.54 Å². The Labute approximate surface area is 118 Å². The first kappa shape index (κ1) is 13.6. The molecule has 0 fully saturated rings. The monoisotopic (exact) mass is 273 g/mol. The van der Waals surface area contributed by atoms with Crippen LogP contribution in [0.3, 0.4) is 0 Å². The first-order valence-electron chi connectivity index (χ1n) is 6.14. The molecule has 0 bridgehead atoms. The van der Waals surface area contributed by atoms with Crippen molar-refractivity contribution in [1.82, 2.24) is 4.90 Å². The smallest absolute Gasteiger partial charge is 0.255 e. The van der Waals surface area contributed by atoms with E-state index in [-0.39, 0.29) is 5.91 Å². The highest BCUT2D eigenvalue weighted by Gasteiger charge is 2.16. The molecule has 2 rings (SSSR count). The number of carbonyl (C=O) groups excluding carboxylic acids is 1. The zero-order valence-corrected chi connectivity index (χ0v) is 11.8. The zero-order chi connectivity index (χ0) is 13.8. The van der Waals surface area contributed by atoms with Crippen molar-refractivity contribution in [2.24, 2.45) is 0 Å². The summed E-state index contributed by atoms with van der Waals surface area (Å²) in [6.45, 7) is 2.47. The number of benzene rings is 2. The first-order chi connectivity index (χ1) is 9.09. The van der Waals surface area contributed by atoms with Crippen LogP contribution in [0.2, 0.25) is 5.02 Å². The summed E-state index contributed by atoms with van der Waals surface area (Å²) in [6, 6.07) is 15.4. The lowest BCUT2D eigenvalue weighted by Gasteiger charge is -2.18. The van der Waals surface area contributed by atoms with Crippen LogP contribution in [0.1, 0.15) is 21.5 Å². The lowest BCUT2D eigenvalue weighted by atomic mass is 10.1. The van der Waals surface area contributed by atoms with Gasteiger partial charge in [-0.2, -0.15) is 0 Å². The molecule has 2 nitrogen and oxygen atoms in total. The van der Waals surface area contributed by atoms with Crippen molar-refractivity contribution in [3.8, 4) is 0 Å². The van der Waals surface area contributed by atoms with E-state index in [2.05, 4.69) is 0 Å². The highest BCUT2D eigenvalue weighted by Crippen LogP contribution is 2.22. The highest BCUT2D eigenvalue weighted by atomic mass is 35.5. The molecule has 98 valence electrons. The van der Waals surface area contributed by atoms with Crippen molar-refractivity contribution < 1.29 is 4.79 Å². The van der Waals surface area contributed by atoms with Crippen LogP contribution < -0.4 is 0 Å². The average Bonchev–Trinajstić information content (AvgIpc) is 2.42. The van der Waals surface area contributed by atoms with E-state index < -0.39 is 0 Å². The minimum Gasteiger partial charge on any atom is -0.337 e. The Morgan fingerprint density at radius 3 is 2.47 bits per heavy atom. The molecule has 2 aromatic rings. The fourth-order valence-corrected chi connectivity index (χ4v) is 2.15. The Morgan fingerprint density at radius 1 is 1.11 bits per heavy atom. The van der Waals surface area contributed by atoms with E-state index in [0.717, 1.165) is 11.1 Å². The molecule has 0 radical (unpaired) electrons. The number of nitrogens with zero attached hydrogens (tertiary/aromatic N) is 1. The Bertz CT molecular complexity index is 581. The fourth-order valence-electron chi connectivity index (χ4n) is 1.95. The van der Waals surface area contributed by atoms with Gasteiger partial charge in [0.15, 0.2) is 0 Å². The molecule has 0 spiro atoms. The molecule has 0 aliphatic heterocycles. The Morgan fingerprint density at radius 2 is 1.79 bits per heavy atom. The predicted octanol–water partition coefficient (Wildman–Crippen LogP) is 3.92. The number of halogens is 1. The molecule has 3 heteroatoms. The zero-order valence-electron chi connectivity index (χ0n) is 11.1. The summed E-state index contributed by atoms with van der Waals surface area (Å²) in [6.07, 6.45) is 0. The number of rotatable bonds is 3. The van der Waals surface area contributed by atoms with Crippen LogP contribution in [-0.4, -0.2) is 17.9 Å². The van der Waals surface area contributed by atoms with E-state index in [9.17, 15) is 4.79 Å². The van der Waals surface area contributed by atoms with Gasteiger partial charge in [-0.25, -0.2) is 0 Å². The third kappa shape index (κ3) is 3.15. The topological polar surface area (TPSA) is 20.3 Å². The molecular weight excluding hydrogens is 258 g/mol. The molecule has 0 heterocycles. The van der Waals surface area contributed by atoms with Crippen molar-refractivity contribution in [2.75, 3.05) is 7.05 Å². The number of aryl methyl sites for hydroxylation is 1. The van der Waals surface area contributed by atoms with Gasteiger partial charge >= 0.3 is 0 Å². The van der Waals surface area contributed by atoms with Gasteiger partial charge in [-0.1, -0.05) is 54.1 Å². The highest BCUT2D eigenvalue weighted by molar-refractivity contribution is 6.34. The molecule has 0 aliphatic carbocycles. The van der Waals surface area contributed by atoms with E-state index in [1.807, 2.05) is 49.4 Å². The molecular formula is C16H16ClNO. The van der Waals surface area contributed by atoms with Gasteiger partial charge in [0.2, 0.25) is 0 Å². The van der Waals surface area contributed by atoms with Gasteiger partial charge < -0.3 is 4.90 Å². The third-order valence-corrected chi connectivity index (χ3v) is 3.53. The third-order valence-electron chi connectivity index (χ3n) is 3.03. The second-order valence-corrected chi connectivity index (χ2v) is 4.96. The van der Waals surface area contributed by atoms with E-state index >= 15 is 0 Å². The molecule has 0 unspecified atom stereocenters.